The Labute approximate surface area is 172 Å². The molecule has 0 radical (unpaired) electrons. The first-order chi connectivity index (χ1) is 14.0. The molecule has 1 fully saturated rings. The van der Waals surface area contributed by atoms with Crippen molar-refractivity contribution in [1.29, 1.82) is 0 Å². The molecule has 10 heteroatoms. The van der Waals surface area contributed by atoms with Crippen LogP contribution in [0.15, 0.2) is 39.6 Å². The van der Waals surface area contributed by atoms with Crippen molar-refractivity contribution in [2.75, 3.05) is 18.9 Å². The van der Waals surface area contributed by atoms with E-state index in [4.69, 9.17) is 4.74 Å². The lowest BCUT2D eigenvalue weighted by atomic mass is 10.2. The van der Waals surface area contributed by atoms with Crippen molar-refractivity contribution in [1.82, 2.24) is 14.9 Å². The molecular weight excluding hydrogens is 420 g/mol. The zero-order valence-corrected chi connectivity index (χ0v) is 16.8. The summed E-state index contributed by atoms with van der Waals surface area (Å²) in [6, 6.07) is 4.55. The molecule has 0 saturated carbocycles. The summed E-state index contributed by atoms with van der Waals surface area (Å²) >= 11 is 2.24. The Morgan fingerprint density at radius 3 is 2.86 bits per heavy atom. The minimum atomic E-state index is -0.802. The molecule has 3 heterocycles. The van der Waals surface area contributed by atoms with Crippen LogP contribution in [0.25, 0.3) is 15.9 Å². The van der Waals surface area contributed by atoms with Gasteiger partial charge in [0, 0.05) is 19.2 Å². The monoisotopic (exact) mass is 437 g/mol. The topological polar surface area (TPSA) is 73.2 Å². The van der Waals surface area contributed by atoms with Crippen LogP contribution in [0.1, 0.15) is 12.8 Å². The number of fused-ring (bicyclic) bond motifs is 1. The van der Waals surface area contributed by atoms with Gasteiger partial charge in [0.2, 0.25) is 5.91 Å². The van der Waals surface area contributed by atoms with Gasteiger partial charge in [0.05, 0.1) is 23.1 Å². The fourth-order valence-electron chi connectivity index (χ4n) is 3.10. The number of nitrogens with one attached hydrogen (secondary N) is 1. The second kappa shape index (κ2) is 8.60. The average molecular weight is 437 g/mol. The van der Waals surface area contributed by atoms with Crippen molar-refractivity contribution >= 4 is 39.2 Å². The Kier molecular flexibility index (Phi) is 5.93. The molecule has 0 unspecified atom stereocenters. The number of hydrogen-bond acceptors (Lipinski definition) is 6. The van der Waals surface area contributed by atoms with E-state index < -0.39 is 17.2 Å². The Morgan fingerprint density at radius 2 is 2.14 bits per heavy atom. The van der Waals surface area contributed by atoms with Gasteiger partial charge in [-0.05, 0) is 36.4 Å². The summed E-state index contributed by atoms with van der Waals surface area (Å²) in [5.74, 6) is -1.83. The fourth-order valence-corrected chi connectivity index (χ4v) is 4.70. The summed E-state index contributed by atoms with van der Waals surface area (Å²) in [6.07, 6.45) is 1.92. The number of ether oxygens (including phenoxy) is 1. The summed E-state index contributed by atoms with van der Waals surface area (Å²) < 4.78 is 34.5. The average Bonchev–Trinajstić information content (AvgIpc) is 3.35. The molecule has 4 rings (SSSR count). The van der Waals surface area contributed by atoms with Crippen LogP contribution in [0, 0.1) is 11.6 Å². The van der Waals surface area contributed by atoms with Crippen LogP contribution in [-0.2, 0) is 9.53 Å². The number of aromatic nitrogens is 2. The number of carbonyl (C=O) groups is 1. The van der Waals surface area contributed by atoms with E-state index in [9.17, 15) is 18.4 Å². The van der Waals surface area contributed by atoms with E-state index in [1.54, 1.807) is 11.4 Å². The third-order valence-electron chi connectivity index (χ3n) is 4.44. The number of nitrogens with zero attached hydrogens (tertiary/aromatic N) is 2. The first-order valence-electron chi connectivity index (χ1n) is 8.99. The first-order valence-corrected chi connectivity index (χ1v) is 10.9. The van der Waals surface area contributed by atoms with E-state index in [-0.39, 0.29) is 28.6 Å². The molecule has 0 spiro atoms. The highest BCUT2D eigenvalue weighted by Crippen LogP contribution is 2.24. The van der Waals surface area contributed by atoms with E-state index in [0.29, 0.717) is 23.4 Å². The summed E-state index contributed by atoms with van der Waals surface area (Å²) in [4.78, 5) is 29.6. The molecule has 1 saturated heterocycles. The van der Waals surface area contributed by atoms with Gasteiger partial charge in [-0.15, -0.1) is 11.3 Å². The van der Waals surface area contributed by atoms with Crippen molar-refractivity contribution in [3.8, 4) is 5.69 Å². The zero-order valence-electron chi connectivity index (χ0n) is 15.2. The molecule has 3 aromatic rings. The predicted molar refractivity (Wildman–Crippen MR) is 108 cm³/mol. The summed E-state index contributed by atoms with van der Waals surface area (Å²) in [7, 11) is 0. The Balaban J connectivity index is 1.60. The SMILES string of the molecule is O=C(CSc1nc2ccsc2c(=O)n1-c1cc(F)cc(F)c1)NC[C@@H]1CCCO1. The highest BCUT2D eigenvalue weighted by atomic mass is 32.2. The third kappa shape index (κ3) is 4.49. The quantitative estimate of drug-likeness (QED) is 0.474. The van der Waals surface area contributed by atoms with E-state index >= 15 is 0 Å². The largest absolute Gasteiger partial charge is 0.376 e. The maximum absolute atomic E-state index is 13.7. The lowest BCUT2D eigenvalue weighted by molar-refractivity contribution is -0.119. The second-order valence-electron chi connectivity index (χ2n) is 6.53. The molecule has 1 aromatic carbocycles. The summed E-state index contributed by atoms with van der Waals surface area (Å²) in [5.41, 5.74) is 0.0743. The molecule has 0 aliphatic carbocycles. The van der Waals surface area contributed by atoms with Gasteiger partial charge in [0.25, 0.3) is 5.56 Å². The molecule has 1 atom stereocenters. The number of hydrogen-bond donors (Lipinski definition) is 1. The normalized spacial score (nSPS) is 16.4. The number of amides is 1. The number of thiophene rings is 1. The summed E-state index contributed by atoms with van der Waals surface area (Å²) in [6.45, 7) is 1.13. The molecule has 1 aliphatic rings. The lowest BCUT2D eigenvalue weighted by Crippen LogP contribution is -2.33. The number of carbonyl (C=O) groups excluding carboxylic acids is 1. The molecular formula is C19H17F2N3O3S2. The van der Waals surface area contributed by atoms with Gasteiger partial charge in [-0.2, -0.15) is 0 Å². The maximum Gasteiger partial charge on any atom is 0.276 e. The molecule has 29 heavy (non-hydrogen) atoms. The van der Waals surface area contributed by atoms with Crippen LogP contribution in [0.2, 0.25) is 0 Å². The van der Waals surface area contributed by atoms with E-state index in [1.165, 1.54) is 11.3 Å². The minimum Gasteiger partial charge on any atom is -0.376 e. The Hall–Kier alpha value is -2.30. The van der Waals surface area contributed by atoms with Gasteiger partial charge in [0.1, 0.15) is 16.3 Å². The first kappa shape index (κ1) is 20.0. The molecule has 1 amide bonds. The van der Waals surface area contributed by atoms with Gasteiger partial charge in [-0.25, -0.2) is 13.8 Å². The fraction of sp³-hybridized carbons (Fsp3) is 0.316. The van der Waals surface area contributed by atoms with Gasteiger partial charge in [-0.3, -0.25) is 14.2 Å². The standard InChI is InChI=1S/C19H17F2N3O3S2/c20-11-6-12(21)8-13(7-11)24-18(26)17-15(3-5-28-17)23-19(24)29-10-16(25)22-9-14-2-1-4-27-14/h3,5-8,14H,1-2,4,9-10H2,(H,22,25)/t14-/m0/s1. The Morgan fingerprint density at radius 1 is 1.34 bits per heavy atom. The number of rotatable bonds is 6. The van der Waals surface area contributed by atoms with Crippen LogP contribution in [0.4, 0.5) is 8.78 Å². The summed E-state index contributed by atoms with van der Waals surface area (Å²) in [5, 5.41) is 4.71. The van der Waals surface area contributed by atoms with Crippen LogP contribution in [0.3, 0.4) is 0 Å². The van der Waals surface area contributed by atoms with Crippen molar-refractivity contribution in [3.05, 3.63) is 51.6 Å². The minimum absolute atomic E-state index is 0.00655. The number of benzene rings is 1. The van der Waals surface area contributed by atoms with Crippen molar-refractivity contribution in [2.45, 2.75) is 24.1 Å². The van der Waals surface area contributed by atoms with Gasteiger partial charge < -0.3 is 10.1 Å². The maximum atomic E-state index is 13.7. The highest BCUT2D eigenvalue weighted by Gasteiger charge is 2.19. The van der Waals surface area contributed by atoms with Gasteiger partial charge in [0.15, 0.2) is 5.16 Å². The predicted octanol–water partition coefficient (Wildman–Crippen LogP) is 3.11. The third-order valence-corrected chi connectivity index (χ3v) is 6.27. The number of halogens is 2. The van der Waals surface area contributed by atoms with E-state index in [2.05, 4.69) is 10.3 Å². The Bertz CT molecular complexity index is 1090. The molecule has 6 nitrogen and oxygen atoms in total. The molecule has 152 valence electrons. The van der Waals surface area contributed by atoms with E-state index in [0.717, 1.165) is 47.4 Å². The van der Waals surface area contributed by atoms with Gasteiger partial charge >= 0.3 is 0 Å². The van der Waals surface area contributed by atoms with E-state index in [1.807, 2.05) is 0 Å². The lowest BCUT2D eigenvalue weighted by Gasteiger charge is -2.13. The highest BCUT2D eigenvalue weighted by molar-refractivity contribution is 7.99. The second-order valence-corrected chi connectivity index (χ2v) is 8.38. The molecule has 1 N–H and O–H groups in total. The molecule has 0 bridgehead atoms. The number of thioether (sulfide) groups is 1. The van der Waals surface area contributed by atoms with Crippen molar-refractivity contribution in [3.63, 3.8) is 0 Å². The van der Waals surface area contributed by atoms with Crippen LogP contribution in [-0.4, -0.2) is 40.5 Å². The van der Waals surface area contributed by atoms with Crippen molar-refractivity contribution in [2.24, 2.45) is 0 Å². The van der Waals surface area contributed by atoms with Gasteiger partial charge in [-0.1, -0.05) is 11.8 Å². The molecule has 1 aliphatic heterocycles. The van der Waals surface area contributed by atoms with Crippen molar-refractivity contribution < 1.29 is 18.3 Å². The smallest absolute Gasteiger partial charge is 0.276 e. The zero-order chi connectivity index (χ0) is 20.4. The van der Waals surface area contributed by atoms with Crippen LogP contribution < -0.4 is 10.9 Å². The molecule has 2 aromatic heterocycles. The van der Waals surface area contributed by atoms with Crippen LogP contribution in [0.5, 0.6) is 0 Å². The van der Waals surface area contributed by atoms with Crippen LogP contribution >= 0.6 is 23.1 Å².